The summed E-state index contributed by atoms with van der Waals surface area (Å²) in [4.78, 5) is 14.4. The van der Waals surface area contributed by atoms with Gasteiger partial charge in [-0.1, -0.05) is 12.1 Å². The SMILES string of the molecule is CSc1ccc(C2CC2NC(=O)c2sc(N)c(/C(C)=C(/C)N)c2N)cc1. The number of nitrogen functional groups attached to an aromatic ring is 2. The van der Waals surface area contributed by atoms with Crippen LogP contribution in [0.2, 0.25) is 0 Å². The molecule has 2 atom stereocenters. The van der Waals surface area contributed by atoms with Crippen molar-refractivity contribution in [3.63, 3.8) is 0 Å². The number of amides is 1. The van der Waals surface area contributed by atoms with Gasteiger partial charge in [-0.25, -0.2) is 0 Å². The minimum Gasteiger partial charge on any atom is -0.402 e. The summed E-state index contributed by atoms with van der Waals surface area (Å²) in [5.74, 6) is 0.196. The van der Waals surface area contributed by atoms with Crippen LogP contribution in [0.15, 0.2) is 34.9 Å². The summed E-state index contributed by atoms with van der Waals surface area (Å²) in [5.41, 5.74) is 21.9. The minimum atomic E-state index is -0.166. The molecule has 2 unspecified atom stereocenters. The summed E-state index contributed by atoms with van der Waals surface area (Å²) in [7, 11) is 0. The number of thiophene rings is 1. The Bertz CT molecular complexity index is 866. The molecule has 1 saturated carbocycles. The van der Waals surface area contributed by atoms with Crippen molar-refractivity contribution in [2.75, 3.05) is 17.7 Å². The molecule has 0 aliphatic heterocycles. The van der Waals surface area contributed by atoms with Crippen LogP contribution in [0.5, 0.6) is 0 Å². The molecule has 0 spiro atoms. The maximum Gasteiger partial charge on any atom is 0.263 e. The Kier molecular flexibility index (Phi) is 5.20. The average Bonchev–Trinajstić information content (AvgIpc) is 3.31. The fourth-order valence-electron chi connectivity index (χ4n) is 3.02. The van der Waals surface area contributed by atoms with Crippen molar-refractivity contribution >= 4 is 45.3 Å². The van der Waals surface area contributed by atoms with E-state index in [9.17, 15) is 4.79 Å². The van der Waals surface area contributed by atoms with E-state index in [1.165, 1.54) is 21.8 Å². The molecule has 0 saturated heterocycles. The number of allylic oxidation sites excluding steroid dienone is 2. The number of benzene rings is 1. The maximum absolute atomic E-state index is 12.7. The minimum absolute atomic E-state index is 0.140. The number of nitrogens with two attached hydrogens (primary N) is 3. The largest absolute Gasteiger partial charge is 0.402 e. The first-order valence-corrected chi connectivity index (χ1v) is 10.4. The predicted molar refractivity (Wildman–Crippen MR) is 112 cm³/mol. The number of carbonyl (C=O) groups excluding carboxylic acids is 1. The Balaban J connectivity index is 1.72. The van der Waals surface area contributed by atoms with E-state index in [1.54, 1.807) is 18.7 Å². The van der Waals surface area contributed by atoms with E-state index in [1.807, 2.05) is 6.92 Å². The third-order valence-electron chi connectivity index (χ3n) is 4.80. The molecule has 1 amide bonds. The quantitative estimate of drug-likeness (QED) is 0.585. The molecule has 1 heterocycles. The van der Waals surface area contributed by atoms with Crippen LogP contribution in [0.25, 0.3) is 5.57 Å². The van der Waals surface area contributed by atoms with Crippen LogP contribution in [-0.2, 0) is 0 Å². The van der Waals surface area contributed by atoms with Gasteiger partial charge < -0.3 is 22.5 Å². The lowest BCUT2D eigenvalue weighted by molar-refractivity contribution is 0.0955. The molecule has 5 nitrogen and oxygen atoms in total. The molecule has 7 heteroatoms. The first kappa shape index (κ1) is 18.7. The molecule has 1 aliphatic carbocycles. The number of rotatable bonds is 5. The lowest BCUT2D eigenvalue weighted by Gasteiger charge is -2.07. The van der Waals surface area contributed by atoms with Crippen LogP contribution < -0.4 is 22.5 Å². The Hall–Kier alpha value is -2.12. The number of hydrogen-bond acceptors (Lipinski definition) is 6. The Morgan fingerprint density at radius 3 is 2.46 bits per heavy atom. The Morgan fingerprint density at radius 1 is 1.23 bits per heavy atom. The van der Waals surface area contributed by atoms with Crippen molar-refractivity contribution in [2.24, 2.45) is 5.73 Å². The Labute approximate surface area is 162 Å². The second-order valence-electron chi connectivity index (χ2n) is 6.59. The zero-order valence-electron chi connectivity index (χ0n) is 15.1. The van der Waals surface area contributed by atoms with Gasteiger partial charge in [-0.3, -0.25) is 4.79 Å². The highest BCUT2D eigenvalue weighted by Gasteiger charge is 2.40. The fraction of sp³-hybridized carbons (Fsp3) is 0.316. The molecule has 0 bridgehead atoms. The van der Waals surface area contributed by atoms with E-state index in [0.717, 1.165) is 12.0 Å². The zero-order chi connectivity index (χ0) is 19.0. The molecule has 1 aliphatic rings. The van der Waals surface area contributed by atoms with Gasteiger partial charge >= 0.3 is 0 Å². The van der Waals surface area contributed by atoms with E-state index in [-0.39, 0.29) is 11.9 Å². The van der Waals surface area contributed by atoms with Crippen LogP contribution in [-0.4, -0.2) is 18.2 Å². The average molecular weight is 389 g/mol. The highest BCUT2D eigenvalue weighted by molar-refractivity contribution is 7.98. The van der Waals surface area contributed by atoms with E-state index < -0.39 is 0 Å². The smallest absolute Gasteiger partial charge is 0.263 e. The molecule has 2 aromatic rings. The topological polar surface area (TPSA) is 107 Å². The first-order chi connectivity index (χ1) is 12.3. The van der Waals surface area contributed by atoms with Gasteiger partial charge in [0.2, 0.25) is 0 Å². The lowest BCUT2D eigenvalue weighted by Crippen LogP contribution is -2.26. The van der Waals surface area contributed by atoms with Gasteiger partial charge in [-0.15, -0.1) is 23.1 Å². The fourth-order valence-corrected chi connectivity index (χ4v) is 4.38. The van der Waals surface area contributed by atoms with Gasteiger partial charge in [0.05, 0.1) is 10.7 Å². The molecule has 7 N–H and O–H groups in total. The van der Waals surface area contributed by atoms with Crippen molar-refractivity contribution in [2.45, 2.75) is 37.1 Å². The number of anilines is 2. The highest BCUT2D eigenvalue weighted by Crippen LogP contribution is 2.43. The second kappa shape index (κ2) is 7.25. The van der Waals surface area contributed by atoms with Gasteiger partial charge in [0, 0.05) is 28.1 Å². The number of carbonyl (C=O) groups is 1. The molecule has 138 valence electrons. The molecule has 1 fully saturated rings. The number of thioether (sulfide) groups is 1. The number of nitrogens with one attached hydrogen (secondary N) is 1. The van der Waals surface area contributed by atoms with Crippen molar-refractivity contribution in [1.29, 1.82) is 0 Å². The second-order valence-corrected chi connectivity index (χ2v) is 8.52. The summed E-state index contributed by atoms with van der Waals surface area (Å²) >= 11 is 2.94. The third kappa shape index (κ3) is 3.54. The van der Waals surface area contributed by atoms with Gasteiger partial charge in [-0.2, -0.15) is 0 Å². The van der Waals surface area contributed by atoms with E-state index >= 15 is 0 Å². The van der Waals surface area contributed by atoms with Gasteiger partial charge in [0.25, 0.3) is 5.91 Å². The summed E-state index contributed by atoms with van der Waals surface area (Å²) < 4.78 is 0. The van der Waals surface area contributed by atoms with Gasteiger partial charge in [0.15, 0.2) is 0 Å². The molecule has 3 rings (SSSR count). The molecule has 26 heavy (non-hydrogen) atoms. The van der Waals surface area contributed by atoms with Crippen LogP contribution in [0.1, 0.15) is 47.0 Å². The van der Waals surface area contributed by atoms with Crippen LogP contribution >= 0.6 is 23.1 Å². The van der Waals surface area contributed by atoms with Gasteiger partial charge in [-0.05, 0) is 49.8 Å². The maximum atomic E-state index is 12.7. The first-order valence-electron chi connectivity index (χ1n) is 8.39. The lowest BCUT2D eigenvalue weighted by atomic mass is 10.1. The van der Waals surface area contributed by atoms with E-state index in [2.05, 4.69) is 35.8 Å². The molecule has 0 radical (unpaired) electrons. The number of hydrogen-bond donors (Lipinski definition) is 4. The molecular formula is C19H24N4OS2. The highest BCUT2D eigenvalue weighted by atomic mass is 32.2. The standard InChI is InChI=1S/C19H24N4OS2/c1-9(10(2)20)15-16(21)17(26-18(15)22)19(24)23-14-8-13(14)11-4-6-12(25-3)7-5-11/h4-7,13-14H,8,20-22H2,1-3H3,(H,23,24)/b10-9-. The summed E-state index contributed by atoms with van der Waals surface area (Å²) in [6, 6.07) is 8.64. The monoisotopic (exact) mass is 388 g/mol. The van der Waals surface area contributed by atoms with E-state index in [0.29, 0.717) is 32.7 Å². The van der Waals surface area contributed by atoms with Crippen molar-refractivity contribution < 1.29 is 4.79 Å². The summed E-state index contributed by atoms with van der Waals surface area (Å²) in [5, 5.41) is 3.60. The molecule has 1 aromatic heterocycles. The van der Waals surface area contributed by atoms with Crippen LogP contribution in [0.4, 0.5) is 10.7 Å². The zero-order valence-corrected chi connectivity index (χ0v) is 16.8. The molecular weight excluding hydrogens is 364 g/mol. The van der Waals surface area contributed by atoms with Gasteiger partial charge in [0.1, 0.15) is 4.88 Å². The molecule has 1 aromatic carbocycles. The Morgan fingerprint density at radius 2 is 1.88 bits per heavy atom. The van der Waals surface area contributed by atoms with Crippen molar-refractivity contribution in [3.8, 4) is 0 Å². The summed E-state index contributed by atoms with van der Waals surface area (Å²) in [6.07, 6.45) is 3.00. The van der Waals surface area contributed by atoms with Crippen molar-refractivity contribution in [1.82, 2.24) is 5.32 Å². The van der Waals surface area contributed by atoms with Crippen molar-refractivity contribution in [3.05, 3.63) is 46.0 Å². The third-order valence-corrected chi connectivity index (χ3v) is 6.57. The van der Waals surface area contributed by atoms with E-state index in [4.69, 9.17) is 17.2 Å². The normalized spacial score (nSPS) is 19.8. The predicted octanol–water partition coefficient (Wildman–Crippen LogP) is 3.63. The van der Waals surface area contributed by atoms with Crippen LogP contribution in [0.3, 0.4) is 0 Å². The summed E-state index contributed by atoms with van der Waals surface area (Å²) in [6.45, 7) is 3.66. The van der Waals surface area contributed by atoms with Crippen LogP contribution in [0, 0.1) is 0 Å².